The Bertz CT molecular complexity index is 843. The van der Waals surface area contributed by atoms with E-state index in [1.54, 1.807) is 19.3 Å². The zero-order valence-electron chi connectivity index (χ0n) is 13.7. The van der Waals surface area contributed by atoms with Crippen molar-refractivity contribution in [2.45, 2.75) is 6.54 Å². The molecule has 2 N–H and O–H groups in total. The Morgan fingerprint density at radius 1 is 1.20 bits per heavy atom. The number of imidazole rings is 1. The van der Waals surface area contributed by atoms with E-state index < -0.39 is 0 Å². The summed E-state index contributed by atoms with van der Waals surface area (Å²) in [6.45, 7) is 0.287. The number of thiophene rings is 1. The summed E-state index contributed by atoms with van der Waals surface area (Å²) in [4.78, 5) is 33.6. The van der Waals surface area contributed by atoms with E-state index in [1.807, 2.05) is 41.8 Å². The molecule has 3 rings (SSSR count). The third-order valence-electron chi connectivity index (χ3n) is 3.63. The number of hydrogen-bond acceptors (Lipinski definition) is 4. The Kier molecular flexibility index (Phi) is 5.25. The maximum Gasteiger partial charge on any atom is 0.264 e. The van der Waals surface area contributed by atoms with E-state index in [0.717, 1.165) is 11.3 Å². The molecule has 25 heavy (non-hydrogen) atoms. The lowest BCUT2D eigenvalue weighted by Gasteiger charge is -2.15. The second-order valence-electron chi connectivity index (χ2n) is 5.52. The van der Waals surface area contributed by atoms with Crippen molar-refractivity contribution in [1.82, 2.24) is 20.2 Å². The van der Waals surface area contributed by atoms with Gasteiger partial charge in [-0.25, -0.2) is 4.98 Å². The van der Waals surface area contributed by atoms with Gasteiger partial charge in [0.15, 0.2) is 0 Å². The number of likely N-dealkylation sites (N-methyl/N-ethyl adjacent to an activating group) is 1. The van der Waals surface area contributed by atoms with E-state index in [4.69, 9.17) is 0 Å². The number of aromatic amines is 1. The molecule has 0 radical (unpaired) electrons. The van der Waals surface area contributed by atoms with E-state index in [-0.39, 0.29) is 24.9 Å². The van der Waals surface area contributed by atoms with Gasteiger partial charge in [-0.2, -0.15) is 0 Å². The van der Waals surface area contributed by atoms with E-state index in [2.05, 4.69) is 15.3 Å². The van der Waals surface area contributed by atoms with Crippen molar-refractivity contribution in [3.8, 4) is 11.3 Å². The van der Waals surface area contributed by atoms with Gasteiger partial charge in [-0.05, 0) is 17.0 Å². The van der Waals surface area contributed by atoms with Crippen LogP contribution in [0.4, 0.5) is 0 Å². The molecule has 0 aliphatic carbocycles. The minimum Gasteiger partial charge on any atom is -0.347 e. The molecule has 0 unspecified atom stereocenters. The van der Waals surface area contributed by atoms with Crippen LogP contribution in [0.1, 0.15) is 15.5 Å². The lowest BCUT2D eigenvalue weighted by molar-refractivity contribution is -0.121. The van der Waals surface area contributed by atoms with Crippen molar-refractivity contribution in [3.63, 3.8) is 0 Å². The molecule has 6 nitrogen and oxygen atoms in total. The number of rotatable bonds is 6. The van der Waals surface area contributed by atoms with Gasteiger partial charge in [-0.15, -0.1) is 11.3 Å². The third kappa shape index (κ3) is 4.33. The number of benzene rings is 1. The van der Waals surface area contributed by atoms with Crippen molar-refractivity contribution < 1.29 is 9.59 Å². The number of carbonyl (C=O) groups excluding carboxylic acids is 2. The van der Waals surface area contributed by atoms with Crippen molar-refractivity contribution in [1.29, 1.82) is 0 Å². The molecular weight excluding hydrogens is 336 g/mol. The standard InChI is InChI=1S/C18H18N4O2S/c1-22(18(24)15-8-5-9-25-15)12-17(23)20-11-16-19-10-14(21-16)13-6-3-2-4-7-13/h2-10H,11-12H2,1H3,(H,19,21)(H,20,23). The van der Waals surface area contributed by atoms with Gasteiger partial charge >= 0.3 is 0 Å². The summed E-state index contributed by atoms with van der Waals surface area (Å²) >= 11 is 1.36. The van der Waals surface area contributed by atoms with Crippen molar-refractivity contribution in [2.75, 3.05) is 13.6 Å². The highest BCUT2D eigenvalue weighted by atomic mass is 32.1. The second kappa shape index (κ2) is 7.76. The van der Waals surface area contributed by atoms with Gasteiger partial charge in [0.25, 0.3) is 5.91 Å². The first-order valence-electron chi connectivity index (χ1n) is 7.78. The van der Waals surface area contributed by atoms with Crippen LogP contribution in [0.3, 0.4) is 0 Å². The number of nitrogens with zero attached hydrogens (tertiary/aromatic N) is 2. The summed E-state index contributed by atoms with van der Waals surface area (Å²) in [7, 11) is 1.61. The molecule has 7 heteroatoms. The number of aromatic nitrogens is 2. The van der Waals surface area contributed by atoms with Crippen LogP contribution in [-0.2, 0) is 11.3 Å². The van der Waals surface area contributed by atoms with Gasteiger partial charge in [0, 0.05) is 7.05 Å². The summed E-state index contributed by atoms with van der Waals surface area (Å²) in [5, 5.41) is 4.61. The SMILES string of the molecule is CN(CC(=O)NCc1ncc(-c2ccccc2)[nH]1)C(=O)c1cccs1. The van der Waals surface area contributed by atoms with Gasteiger partial charge < -0.3 is 15.2 Å². The normalized spacial score (nSPS) is 10.4. The lowest BCUT2D eigenvalue weighted by Crippen LogP contribution is -2.38. The van der Waals surface area contributed by atoms with E-state index in [9.17, 15) is 9.59 Å². The molecule has 0 spiro atoms. The van der Waals surface area contributed by atoms with Crippen LogP contribution in [0.15, 0.2) is 54.0 Å². The lowest BCUT2D eigenvalue weighted by atomic mass is 10.2. The van der Waals surface area contributed by atoms with Gasteiger partial charge in [0.05, 0.1) is 29.9 Å². The summed E-state index contributed by atoms with van der Waals surface area (Å²) in [6, 6.07) is 13.4. The summed E-state index contributed by atoms with van der Waals surface area (Å²) < 4.78 is 0. The molecule has 2 amide bonds. The Morgan fingerprint density at radius 3 is 2.72 bits per heavy atom. The molecule has 0 fully saturated rings. The van der Waals surface area contributed by atoms with Crippen LogP contribution in [0.5, 0.6) is 0 Å². The maximum absolute atomic E-state index is 12.1. The van der Waals surface area contributed by atoms with E-state index >= 15 is 0 Å². The maximum atomic E-state index is 12.1. The van der Waals surface area contributed by atoms with Crippen molar-refractivity contribution in [3.05, 3.63) is 64.7 Å². The largest absolute Gasteiger partial charge is 0.347 e. The Morgan fingerprint density at radius 2 is 2.00 bits per heavy atom. The van der Waals surface area contributed by atoms with Crippen molar-refractivity contribution in [2.24, 2.45) is 0 Å². The minimum absolute atomic E-state index is 0.00296. The highest BCUT2D eigenvalue weighted by Crippen LogP contribution is 2.16. The first-order chi connectivity index (χ1) is 12.1. The molecule has 0 saturated carbocycles. The van der Waals surface area contributed by atoms with Crippen LogP contribution in [-0.4, -0.2) is 40.3 Å². The average Bonchev–Trinajstić information content (AvgIpc) is 3.32. The molecule has 2 aromatic heterocycles. The molecule has 3 aromatic rings. The van der Waals surface area contributed by atoms with Crippen LogP contribution >= 0.6 is 11.3 Å². The first kappa shape index (κ1) is 16.9. The number of amides is 2. The third-order valence-corrected chi connectivity index (χ3v) is 4.48. The highest BCUT2D eigenvalue weighted by Gasteiger charge is 2.15. The Hall–Kier alpha value is -2.93. The van der Waals surface area contributed by atoms with Gasteiger partial charge in [0.1, 0.15) is 5.82 Å². The molecule has 1 aromatic carbocycles. The zero-order valence-corrected chi connectivity index (χ0v) is 14.5. The molecule has 0 aliphatic rings. The van der Waals surface area contributed by atoms with Gasteiger partial charge in [-0.3, -0.25) is 9.59 Å². The summed E-state index contributed by atoms with van der Waals surface area (Å²) in [6.07, 6.45) is 1.74. The topological polar surface area (TPSA) is 78.1 Å². The molecule has 0 saturated heterocycles. The predicted octanol–water partition coefficient (Wildman–Crippen LogP) is 2.53. The van der Waals surface area contributed by atoms with Crippen LogP contribution in [0, 0.1) is 0 Å². The second-order valence-corrected chi connectivity index (χ2v) is 6.47. The predicted molar refractivity (Wildman–Crippen MR) is 97.1 cm³/mol. The highest BCUT2D eigenvalue weighted by molar-refractivity contribution is 7.12. The monoisotopic (exact) mass is 354 g/mol. The van der Waals surface area contributed by atoms with Crippen LogP contribution in [0.2, 0.25) is 0 Å². The summed E-state index contributed by atoms with van der Waals surface area (Å²) in [5.41, 5.74) is 1.93. The fourth-order valence-corrected chi connectivity index (χ4v) is 3.05. The van der Waals surface area contributed by atoms with E-state index in [1.165, 1.54) is 16.2 Å². The molecule has 0 atom stereocenters. The quantitative estimate of drug-likeness (QED) is 0.714. The van der Waals surface area contributed by atoms with Crippen molar-refractivity contribution >= 4 is 23.2 Å². The van der Waals surface area contributed by atoms with Gasteiger partial charge in [-0.1, -0.05) is 36.4 Å². The zero-order chi connectivity index (χ0) is 17.6. The smallest absolute Gasteiger partial charge is 0.264 e. The van der Waals surface area contributed by atoms with Gasteiger partial charge in [0.2, 0.25) is 5.91 Å². The molecular formula is C18H18N4O2S. The Balaban J connectivity index is 1.51. The number of carbonyl (C=O) groups is 2. The molecule has 128 valence electrons. The van der Waals surface area contributed by atoms with Crippen LogP contribution < -0.4 is 5.32 Å². The summed E-state index contributed by atoms with van der Waals surface area (Å²) in [5.74, 6) is 0.277. The first-order valence-corrected chi connectivity index (χ1v) is 8.66. The molecule has 0 aliphatic heterocycles. The average molecular weight is 354 g/mol. The number of nitrogens with one attached hydrogen (secondary N) is 2. The number of hydrogen-bond donors (Lipinski definition) is 2. The van der Waals surface area contributed by atoms with Crippen LogP contribution in [0.25, 0.3) is 11.3 Å². The van der Waals surface area contributed by atoms with E-state index in [0.29, 0.717) is 10.7 Å². The fourth-order valence-electron chi connectivity index (χ4n) is 2.33. The minimum atomic E-state index is -0.231. The molecule has 2 heterocycles. The number of H-pyrrole nitrogens is 1. The fraction of sp³-hybridized carbons (Fsp3) is 0.167. The molecule has 0 bridgehead atoms. The Labute approximate surface area is 149 Å².